The summed E-state index contributed by atoms with van der Waals surface area (Å²) in [5, 5.41) is 2.98. The zero-order valence-corrected chi connectivity index (χ0v) is 26.0. The average Bonchev–Trinajstić information content (AvgIpc) is 3.22. The zero-order chi connectivity index (χ0) is 30.0. The summed E-state index contributed by atoms with van der Waals surface area (Å²) in [6.45, 7) is 5.20. The summed E-state index contributed by atoms with van der Waals surface area (Å²) in [6.07, 6.45) is 12.7. The van der Waals surface area contributed by atoms with Gasteiger partial charge in [-0.3, -0.25) is 14.7 Å². The molecule has 3 amide bonds. The van der Waals surface area contributed by atoms with Gasteiger partial charge < -0.3 is 16.8 Å². The molecular formula is C30H50N6O4S. The second kappa shape index (κ2) is 15.1. The molecule has 2 heterocycles. The Morgan fingerprint density at radius 3 is 2.05 bits per heavy atom. The Labute approximate surface area is 246 Å². The molecule has 2 aliphatic rings. The Bertz CT molecular complexity index is 1170. The number of aryl methyl sites for hydroxylation is 2. The van der Waals surface area contributed by atoms with Crippen LogP contribution in [0.1, 0.15) is 93.7 Å². The number of sulfonamides is 1. The van der Waals surface area contributed by atoms with Gasteiger partial charge in [-0.1, -0.05) is 44.9 Å². The lowest BCUT2D eigenvalue weighted by Crippen LogP contribution is -2.50. The Morgan fingerprint density at radius 1 is 0.976 bits per heavy atom. The van der Waals surface area contributed by atoms with Crippen molar-refractivity contribution >= 4 is 33.5 Å². The number of aliphatic imine (C=N–C) groups is 1. The van der Waals surface area contributed by atoms with E-state index in [9.17, 15) is 18.0 Å². The van der Waals surface area contributed by atoms with E-state index in [4.69, 9.17) is 16.5 Å². The van der Waals surface area contributed by atoms with E-state index in [2.05, 4.69) is 5.32 Å². The second-order valence-corrected chi connectivity index (χ2v) is 13.8. The van der Waals surface area contributed by atoms with Crippen LogP contribution in [-0.4, -0.2) is 68.5 Å². The Morgan fingerprint density at radius 2 is 1.51 bits per heavy atom. The first-order chi connectivity index (χ1) is 19.5. The maximum Gasteiger partial charge on any atom is 0.318 e. The fourth-order valence-electron chi connectivity index (χ4n) is 5.90. The number of benzene rings is 1. The molecule has 1 aromatic rings. The Hall–Kier alpha value is -2.50. The van der Waals surface area contributed by atoms with E-state index < -0.39 is 21.6 Å². The summed E-state index contributed by atoms with van der Waals surface area (Å²) < 4.78 is 28.0. The van der Waals surface area contributed by atoms with Crippen molar-refractivity contribution in [2.45, 2.75) is 103 Å². The number of carbonyl (C=O) groups is 2. The number of nitrogens with two attached hydrogens (primary N) is 2. The molecule has 10 nitrogen and oxygen atoms in total. The predicted molar refractivity (Wildman–Crippen MR) is 166 cm³/mol. The summed E-state index contributed by atoms with van der Waals surface area (Å²) in [5.74, 6) is 0.653. The summed E-state index contributed by atoms with van der Waals surface area (Å²) >= 11 is 0. The first-order valence-electron chi connectivity index (χ1n) is 15.2. The molecule has 0 saturated carbocycles. The molecule has 2 aliphatic heterocycles. The SMILES string of the molecule is Cc1cc(N(C)C(N)=O)cc(C)c1CCS(=O)(=O)N1CCC2(CC1)N=C(CCCCCCCCCCCN)NC2=O. The molecule has 0 aromatic heterocycles. The smallest absolute Gasteiger partial charge is 0.318 e. The number of rotatable bonds is 16. The van der Waals surface area contributed by atoms with Crippen LogP contribution in [0.25, 0.3) is 0 Å². The van der Waals surface area contributed by atoms with Crippen molar-refractivity contribution in [1.82, 2.24) is 9.62 Å². The van der Waals surface area contributed by atoms with Gasteiger partial charge >= 0.3 is 6.03 Å². The molecule has 230 valence electrons. The van der Waals surface area contributed by atoms with Gasteiger partial charge in [-0.25, -0.2) is 17.5 Å². The minimum absolute atomic E-state index is 0.0128. The highest BCUT2D eigenvalue weighted by molar-refractivity contribution is 7.89. The molecule has 1 spiro atoms. The van der Waals surface area contributed by atoms with Gasteiger partial charge in [0.25, 0.3) is 5.91 Å². The van der Waals surface area contributed by atoms with Crippen molar-refractivity contribution < 1.29 is 18.0 Å². The van der Waals surface area contributed by atoms with Crippen molar-refractivity contribution in [2.24, 2.45) is 16.5 Å². The Balaban J connectivity index is 1.45. The number of unbranched alkanes of at least 4 members (excludes halogenated alkanes) is 8. The van der Waals surface area contributed by atoms with Gasteiger partial charge in [-0.05, 0) is 81.3 Å². The third-order valence-electron chi connectivity index (χ3n) is 8.60. The van der Waals surface area contributed by atoms with Crippen LogP contribution in [0, 0.1) is 13.8 Å². The predicted octanol–water partition coefficient (Wildman–Crippen LogP) is 3.91. The van der Waals surface area contributed by atoms with Crippen LogP contribution in [0.5, 0.6) is 0 Å². The van der Waals surface area contributed by atoms with Crippen molar-refractivity contribution in [3.8, 4) is 0 Å². The lowest BCUT2D eigenvalue weighted by atomic mass is 9.89. The van der Waals surface area contributed by atoms with Crippen molar-refractivity contribution in [2.75, 3.05) is 37.3 Å². The normalized spacial score (nSPS) is 17.1. The number of urea groups is 1. The number of anilines is 1. The largest absolute Gasteiger partial charge is 0.351 e. The van der Waals surface area contributed by atoms with Gasteiger partial charge in [0.2, 0.25) is 10.0 Å². The summed E-state index contributed by atoms with van der Waals surface area (Å²) in [6, 6.07) is 3.15. The number of piperidine rings is 1. The van der Waals surface area contributed by atoms with Gasteiger partial charge in [-0.15, -0.1) is 0 Å². The van der Waals surface area contributed by atoms with E-state index in [1.54, 1.807) is 7.05 Å². The molecule has 1 saturated heterocycles. The van der Waals surface area contributed by atoms with Gasteiger partial charge in [0.05, 0.1) is 5.75 Å². The van der Waals surface area contributed by atoms with Crippen molar-refractivity contribution in [1.29, 1.82) is 0 Å². The molecule has 1 fully saturated rings. The van der Waals surface area contributed by atoms with Crippen LogP contribution < -0.4 is 21.7 Å². The molecule has 0 aliphatic carbocycles. The summed E-state index contributed by atoms with van der Waals surface area (Å²) in [7, 11) is -1.89. The van der Waals surface area contributed by atoms with Gasteiger partial charge in [-0.2, -0.15) is 0 Å². The van der Waals surface area contributed by atoms with Gasteiger partial charge in [0, 0.05) is 32.2 Å². The van der Waals surface area contributed by atoms with Crippen molar-refractivity contribution in [3.05, 3.63) is 28.8 Å². The molecule has 0 unspecified atom stereocenters. The molecule has 0 radical (unpaired) electrons. The molecule has 5 N–H and O–H groups in total. The molecule has 0 atom stereocenters. The van der Waals surface area contributed by atoms with E-state index >= 15 is 0 Å². The van der Waals surface area contributed by atoms with Crippen molar-refractivity contribution in [3.63, 3.8) is 0 Å². The highest BCUT2D eigenvalue weighted by Gasteiger charge is 2.47. The van der Waals surface area contributed by atoms with E-state index in [1.807, 2.05) is 26.0 Å². The lowest BCUT2D eigenvalue weighted by Gasteiger charge is -2.34. The Kier molecular flexibility index (Phi) is 12.2. The van der Waals surface area contributed by atoms with Crippen LogP contribution in [-0.2, 0) is 21.2 Å². The minimum Gasteiger partial charge on any atom is -0.351 e. The monoisotopic (exact) mass is 590 g/mol. The third kappa shape index (κ3) is 8.99. The number of hydrogen-bond donors (Lipinski definition) is 3. The number of nitrogens with zero attached hydrogens (tertiary/aromatic N) is 3. The number of amidine groups is 1. The van der Waals surface area contributed by atoms with E-state index in [-0.39, 0.29) is 24.7 Å². The maximum absolute atomic E-state index is 13.2. The topological polar surface area (TPSA) is 151 Å². The number of amides is 3. The summed E-state index contributed by atoms with van der Waals surface area (Å²) in [4.78, 5) is 30.5. The second-order valence-electron chi connectivity index (χ2n) is 11.7. The maximum atomic E-state index is 13.2. The third-order valence-corrected chi connectivity index (χ3v) is 10.5. The fourth-order valence-corrected chi connectivity index (χ4v) is 7.36. The van der Waals surface area contributed by atoms with Crippen LogP contribution in [0.2, 0.25) is 0 Å². The molecular weight excluding hydrogens is 540 g/mol. The standard InChI is InChI=1S/C30H50N6O4S/c1-23-21-25(35(3)29(32)38)22-24(2)26(23)14-20-41(39,40)36-18-15-30(16-19-36)28(37)33-27(34-30)13-11-9-7-5-4-6-8-10-12-17-31/h21-22H,4-20,31H2,1-3H3,(H2,32,38)(H,33,34,37). The highest BCUT2D eigenvalue weighted by Crippen LogP contribution is 2.32. The highest BCUT2D eigenvalue weighted by atomic mass is 32.2. The zero-order valence-electron chi connectivity index (χ0n) is 25.2. The van der Waals surface area contributed by atoms with Crippen LogP contribution in [0.3, 0.4) is 0 Å². The van der Waals surface area contributed by atoms with E-state index in [0.29, 0.717) is 24.9 Å². The molecule has 3 rings (SSSR count). The number of carbonyl (C=O) groups excluding carboxylic acids is 2. The lowest BCUT2D eigenvalue weighted by molar-refractivity contribution is -0.124. The van der Waals surface area contributed by atoms with E-state index in [1.165, 1.54) is 47.7 Å². The van der Waals surface area contributed by atoms with Gasteiger partial charge in [0.15, 0.2) is 0 Å². The molecule has 1 aromatic carbocycles. The molecule has 11 heteroatoms. The van der Waals surface area contributed by atoms with Crippen LogP contribution >= 0.6 is 0 Å². The quantitative estimate of drug-likeness (QED) is 0.249. The first-order valence-corrected chi connectivity index (χ1v) is 16.8. The first kappa shape index (κ1) is 33.0. The van der Waals surface area contributed by atoms with Gasteiger partial charge in [0.1, 0.15) is 11.4 Å². The average molecular weight is 591 g/mol. The minimum atomic E-state index is -3.50. The van der Waals surface area contributed by atoms with Crippen LogP contribution in [0.15, 0.2) is 17.1 Å². The summed E-state index contributed by atoms with van der Waals surface area (Å²) in [5.41, 5.74) is 13.6. The van der Waals surface area contributed by atoms with Crippen LogP contribution in [0.4, 0.5) is 10.5 Å². The number of nitrogens with one attached hydrogen (secondary N) is 1. The van der Waals surface area contributed by atoms with E-state index in [0.717, 1.165) is 54.8 Å². The number of primary amides is 1. The molecule has 0 bridgehead atoms. The molecule has 41 heavy (non-hydrogen) atoms. The number of hydrogen-bond acceptors (Lipinski definition) is 6. The fraction of sp³-hybridized carbons (Fsp3) is 0.700.